The quantitative estimate of drug-likeness (QED) is 0.530. The lowest BCUT2D eigenvalue weighted by molar-refractivity contribution is -0.126. The molecule has 0 saturated carbocycles. The molecule has 1 amide bonds. The summed E-state index contributed by atoms with van der Waals surface area (Å²) in [4.78, 5) is 16.7. The fourth-order valence-electron chi connectivity index (χ4n) is 4.57. The summed E-state index contributed by atoms with van der Waals surface area (Å²) < 4.78 is 22.0. The standard InChI is InChI=1S/C25H29FN4O2/c1-18-14-20(19(2)30(18)17-22-6-5-13-32-22)15-21(16-27)25(31)29-11-9-28(10-12-29)24-8-4-3-7-23(24)26/h3-4,7-8,14-15,22H,5-6,9-13,17H2,1-2H3/b21-15+. The Morgan fingerprint density at radius 1 is 1.25 bits per heavy atom. The number of hydrogen-bond acceptors (Lipinski definition) is 4. The highest BCUT2D eigenvalue weighted by Crippen LogP contribution is 2.24. The molecule has 0 bridgehead atoms. The fraction of sp³-hybridized carbons (Fsp3) is 0.440. The number of hydrogen-bond donors (Lipinski definition) is 0. The normalized spacial score (nSPS) is 19.3. The molecule has 0 N–H and O–H groups in total. The van der Waals surface area contributed by atoms with E-state index in [2.05, 4.69) is 10.6 Å². The Labute approximate surface area is 188 Å². The monoisotopic (exact) mass is 436 g/mol. The SMILES string of the molecule is Cc1cc(/C=C(\C#N)C(=O)N2CCN(c3ccccc3F)CC2)c(C)n1CC1CCCO1. The third-order valence-corrected chi connectivity index (χ3v) is 6.43. The third kappa shape index (κ3) is 4.56. The Hall–Kier alpha value is -3.11. The van der Waals surface area contributed by atoms with Crippen molar-refractivity contribution in [2.24, 2.45) is 0 Å². The van der Waals surface area contributed by atoms with Crippen LogP contribution < -0.4 is 4.90 Å². The van der Waals surface area contributed by atoms with Crippen molar-refractivity contribution in [3.8, 4) is 6.07 Å². The summed E-state index contributed by atoms with van der Waals surface area (Å²) in [5.41, 5.74) is 3.68. The zero-order valence-corrected chi connectivity index (χ0v) is 18.7. The van der Waals surface area contributed by atoms with Crippen LogP contribution in [-0.2, 0) is 16.1 Å². The van der Waals surface area contributed by atoms with Gasteiger partial charge in [-0.2, -0.15) is 5.26 Å². The smallest absolute Gasteiger partial charge is 0.264 e. The fourth-order valence-corrected chi connectivity index (χ4v) is 4.57. The predicted molar refractivity (Wildman–Crippen MR) is 122 cm³/mol. The molecule has 0 radical (unpaired) electrons. The van der Waals surface area contributed by atoms with Crippen molar-refractivity contribution in [3.63, 3.8) is 0 Å². The molecule has 1 unspecified atom stereocenters. The number of nitrogens with zero attached hydrogens (tertiary/aromatic N) is 4. The van der Waals surface area contributed by atoms with Crippen molar-refractivity contribution in [1.82, 2.24) is 9.47 Å². The number of rotatable bonds is 5. The number of piperazine rings is 1. The molecule has 2 aliphatic heterocycles. The molecule has 168 valence electrons. The number of carbonyl (C=O) groups excluding carboxylic acids is 1. The van der Waals surface area contributed by atoms with Crippen LogP contribution >= 0.6 is 0 Å². The van der Waals surface area contributed by atoms with Gasteiger partial charge in [-0.3, -0.25) is 4.79 Å². The van der Waals surface area contributed by atoms with Gasteiger partial charge in [0.1, 0.15) is 17.5 Å². The third-order valence-electron chi connectivity index (χ3n) is 6.43. The van der Waals surface area contributed by atoms with Gasteiger partial charge >= 0.3 is 0 Å². The number of halogens is 1. The topological polar surface area (TPSA) is 61.5 Å². The summed E-state index contributed by atoms with van der Waals surface area (Å²) in [6.07, 6.45) is 4.07. The maximum Gasteiger partial charge on any atom is 0.264 e. The molecule has 2 fully saturated rings. The van der Waals surface area contributed by atoms with E-state index in [9.17, 15) is 14.4 Å². The van der Waals surface area contributed by atoms with E-state index in [0.717, 1.165) is 42.9 Å². The Morgan fingerprint density at radius 3 is 2.66 bits per heavy atom. The van der Waals surface area contributed by atoms with E-state index < -0.39 is 0 Å². The summed E-state index contributed by atoms with van der Waals surface area (Å²) >= 11 is 0. The van der Waals surface area contributed by atoms with Gasteiger partial charge in [0, 0.05) is 50.7 Å². The van der Waals surface area contributed by atoms with E-state index in [1.807, 2.05) is 30.9 Å². The van der Waals surface area contributed by atoms with Gasteiger partial charge in [0.15, 0.2) is 0 Å². The van der Waals surface area contributed by atoms with E-state index in [-0.39, 0.29) is 23.4 Å². The Kier molecular flexibility index (Phi) is 6.61. The van der Waals surface area contributed by atoms with Crippen LogP contribution in [0.1, 0.15) is 29.8 Å². The van der Waals surface area contributed by atoms with E-state index in [1.54, 1.807) is 23.1 Å². The summed E-state index contributed by atoms with van der Waals surface area (Å²) in [5.74, 6) is -0.534. The first kappa shape index (κ1) is 22.1. The number of anilines is 1. The van der Waals surface area contributed by atoms with Crippen molar-refractivity contribution in [1.29, 1.82) is 5.26 Å². The van der Waals surface area contributed by atoms with Crippen LogP contribution in [0.4, 0.5) is 10.1 Å². The summed E-state index contributed by atoms with van der Waals surface area (Å²) in [5, 5.41) is 9.70. The van der Waals surface area contributed by atoms with Gasteiger partial charge in [0.2, 0.25) is 0 Å². The molecule has 3 heterocycles. The van der Waals surface area contributed by atoms with Crippen molar-refractivity contribution >= 4 is 17.7 Å². The summed E-state index contributed by atoms with van der Waals surface area (Å²) in [7, 11) is 0. The van der Waals surface area contributed by atoms with E-state index in [1.165, 1.54) is 6.07 Å². The summed E-state index contributed by atoms with van der Waals surface area (Å²) in [6.45, 7) is 7.61. The lowest BCUT2D eigenvalue weighted by Gasteiger charge is -2.36. The number of carbonyl (C=O) groups is 1. The van der Waals surface area contributed by atoms with Crippen LogP contribution in [0.25, 0.3) is 6.08 Å². The van der Waals surface area contributed by atoms with Gasteiger partial charge in [-0.15, -0.1) is 0 Å². The number of nitriles is 1. The van der Waals surface area contributed by atoms with E-state index in [4.69, 9.17) is 4.74 Å². The second-order valence-corrected chi connectivity index (χ2v) is 8.47. The second-order valence-electron chi connectivity index (χ2n) is 8.47. The molecule has 32 heavy (non-hydrogen) atoms. The maximum atomic E-state index is 14.1. The van der Waals surface area contributed by atoms with Crippen LogP contribution in [0.2, 0.25) is 0 Å². The van der Waals surface area contributed by atoms with E-state index >= 15 is 0 Å². The molecule has 7 heteroatoms. The molecule has 1 aromatic carbocycles. The molecule has 4 rings (SSSR count). The minimum atomic E-state index is -0.274. The zero-order chi connectivity index (χ0) is 22.7. The average molecular weight is 437 g/mol. The van der Waals surface area contributed by atoms with E-state index in [0.29, 0.717) is 31.9 Å². The predicted octanol–water partition coefficient (Wildman–Crippen LogP) is 3.68. The molecule has 6 nitrogen and oxygen atoms in total. The van der Waals surface area contributed by atoms with Gasteiger partial charge in [-0.25, -0.2) is 4.39 Å². The Balaban J connectivity index is 1.45. The minimum absolute atomic E-state index is 0.127. The first-order valence-electron chi connectivity index (χ1n) is 11.2. The Bertz CT molecular complexity index is 1050. The molecule has 2 aromatic rings. The Morgan fingerprint density at radius 2 is 2.00 bits per heavy atom. The molecular formula is C25H29FN4O2. The lowest BCUT2D eigenvalue weighted by Crippen LogP contribution is -2.49. The largest absolute Gasteiger partial charge is 0.376 e. The number of benzene rings is 1. The highest BCUT2D eigenvalue weighted by molar-refractivity contribution is 6.02. The van der Waals surface area contributed by atoms with Gasteiger partial charge in [0.05, 0.1) is 11.8 Å². The van der Waals surface area contributed by atoms with Crippen LogP contribution in [0.5, 0.6) is 0 Å². The van der Waals surface area contributed by atoms with Gasteiger partial charge in [0.25, 0.3) is 5.91 Å². The van der Waals surface area contributed by atoms with Crippen LogP contribution in [0.3, 0.4) is 0 Å². The zero-order valence-electron chi connectivity index (χ0n) is 18.7. The molecule has 2 saturated heterocycles. The lowest BCUT2D eigenvalue weighted by atomic mass is 10.1. The molecule has 0 spiro atoms. The van der Waals surface area contributed by atoms with Crippen molar-refractivity contribution < 1.29 is 13.9 Å². The van der Waals surface area contributed by atoms with Crippen LogP contribution in [0, 0.1) is 31.0 Å². The molecular weight excluding hydrogens is 407 g/mol. The molecule has 0 aliphatic carbocycles. The number of aromatic nitrogens is 1. The van der Waals surface area contributed by atoms with Crippen LogP contribution in [-0.4, -0.2) is 54.3 Å². The number of aryl methyl sites for hydroxylation is 1. The number of ether oxygens (including phenoxy) is 1. The highest BCUT2D eigenvalue weighted by Gasteiger charge is 2.25. The maximum absolute atomic E-state index is 14.1. The molecule has 1 atom stereocenters. The van der Waals surface area contributed by atoms with Crippen molar-refractivity contribution in [2.75, 3.05) is 37.7 Å². The van der Waals surface area contributed by atoms with Crippen molar-refractivity contribution in [3.05, 3.63) is 58.7 Å². The molecule has 1 aromatic heterocycles. The van der Waals surface area contributed by atoms with Gasteiger partial charge in [-0.05, 0) is 56.5 Å². The van der Waals surface area contributed by atoms with Crippen LogP contribution in [0.15, 0.2) is 35.9 Å². The summed E-state index contributed by atoms with van der Waals surface area (Å²) in [6, 6.07) is 10.8. The number of para-hydroxylation sites is 1. The van der Waals surface area contributed by atoms with Gasteiger partial charge < -0.3 is 19.1 Å². The van der Waals surface area contributed by atoms with Gasteiger partial charge in [-0.1, -0.05) is 12.1 Å². The average Bonchev–Trinajstić information content (AvgIpc) is 3.41. The number of amides is 1. The molecule has 2 aliphatic rings. The highest BCUT2D eigenvalue weighted by atomic mass is 19.1. The minimum Gasteiger partial charge on any atom is -0.376 e. The first-order valence-corrected chi connectivity index (χ1v) is 11.2. The first-order chi connectivity index (χ1) is 15.5. The second kappa shape index (κ2) is 9.58. The van der Waals surface area contributed by atoms with Crippen molar-refractivity contribution in [2.45, 2.75) is 39.3 Å².